The van der Waals surface area contributed by atoms with Crippen LogP contribution in [0.3, 0.4) is 0 Å². The molecular weight excluding hydrogens is 157 g/mol. The van der Waals surface area contributed by atoms with Gasteiger partial charge in [0, 0.05) is 12.1 Å². The van der Waals surface area contributed by atoms with Gasteiger partial charge in [0.25, 0.3) is 0 Å². The number of nitrogens with one attached hydrogen (secondary N) is 1. The second-order valence-electron chi connectivity index (χ2n) is 2.60. The van der Waals surface area contributed by atoms with Crippen LogP contribution in [0.25, 0.3) is 0 Å². The molecule has 2 rings (SSSR count). The van der Waals surface area contributed by atoms with Crippen molar-refractivity contribution in [2.45, 2.75) is 6.42 Å². The summed E-state index contributed by atoms with van der Waals surface area (Å²) in [5.41, 5.74) is 0.836. The molecule has 0 saturated heterocycles. The van der Waals surface area contributed by atoms with Crippen molar-refractivity contribution in [1.29, 1.82) is 5.26 Å². The van der Waals surface area contributed by atoms with Crippen LogP contribution in [-0.2, 0) is 6.42 Å². The molecular formula is C8H6FN3. The Kier molecular flexibility index (Phi) is 1.44. The number of hydrogen-bond acceptors (Lipinski definition) is 3. The molecule has 1 aliphatic heterocycles. The first-order valence-corrected chi connectivity index (χ1v) is 3.64. The van der Waals surface area contributed by atoms with E-state index in [1.807, 2.05) is 6.07 Å². The minimum absolute atomic E-state index is 0.130. The lowest BCUT2D eigenvalue weighted by Gasteiger charge is -1.99. The zero-order valence-electron chi connectivity index (χ0n) is 6.26. The molecule has 0 saturated carbocycles. The smallest absolute Gasteiger partial charge is 0.159 e. The molecule has 0 fully saturated rings. The first kappa shape index (κ1) is 7.04. The van der Waals surface area contributed by atoms with Gasteiger partial charge in [-0.3, -0.25) is 0 Å². The molecule has 4 heteroatoms. The van der Waals surface area contributed by atoms with Crippen LogP contribution in [-0.4, -0.2) is 11.5 Å². The predicted molar refractivity (Wildman–Crippen MR) is 41.1 cm³/mol. The molecule has 0 unspecified atom stereocenters. The van der Waals surface area contributed by atoms with Crippen LogP contribution in [0.1, 0.15) is 11.1 Å². The van der Waals surface area contributed by atoms with E-state index in [-0.39, 0.29) is 5.56 Å². The molecule has 0 aliphatic carbocycles. The van der Waals surface area contributed by atoms with Crippen molar-refractivity contribution >= 4 is 5.82 Å². The van der Waals surface area contributed by atoms with Crippen LogP contribution in [0.15, 0.2) is 6.20 Å². The molecule has 12 heavy (non-hydrogen) atoms. The lowest BCUT2D eigenvalue weighted by Crippen LogP contribution is -1.94. The van der Waals surface area contributed by atoms with Gasteiger partial charge in [0.05, 0.1) is 11.8 Å². The minimum Gasteiger partial charge on any atom is -0.369 e. The highest BCUT2D eigenvalue weighted by Crippen LogP contribution is 2.24. The van der Waals surface area contributed by atoms with E-state index in [1.54, 1.807) is 0 Å². The van der Waals surface area contributed by atoms with E-state index < -0.39 is 5.82 Å². The van der Waals surface area contributed by atoms with Gasteiger partial charge in [0.2, 0.25) is 0 Å². The second-order valence-corrected chi connectivity index (χ2v) is 2.60. The minimum atomic E-state index is -0.528. The molecule has 0 radical (unpaired) electrons. The summed E-state index contributed by atoms with van der Waals surface area (Å²) in [5.74, 6) is 0.118. The number of fused-ring (bicyclic) bond motifs is 1. The fourth-order valence-corrected chi connectivity index (χ4v) is 1.35. The van der Waals surface area contributed by atoms with Gasteiger partial charge in [-0.1, -0.05) is 0 Å². The van der Waals surface area contributed by atoms with Crippen LogP contribution >= 0.6 is 0 Å². The van der Waals surface area contributed by atoms with E-state index >= 15 is 0 Å². The summed E-state index contributed by atoms with van der Waals surface area (Å²) in [6, 6.07) is 1.84. The van der Waals surface area contributed by atoms with E-state index in [9.17, 15) is 4.39 Å². The van der Waals surface area contributed by atoms with Crippen molar-refractivity contribution in [2.75, 3.05) is 11.9 Å². The van der Waals surface area contributed by atoms with Crippen LogP contribution < -0.4 is 5.32 Å². The van der Waals surface area contributed by atoms with Gasteiger partial charge in [0.1, 0.15) is 11.9 Å². The number of rotatable bonds is 0. The van der Waals surface area contributed by atoms with E-state index in [0.29, 0.717) is 17.8 Å². The number of aromatic nitrogens is 1. The third-order valence-corrected chi connectivity index (χ3v) is 1.91. The van der Waals surface area contributed by atoms with Gasteiger partial charge in [-0.05, 0) is 6.42 Å². The van der Waals surface area contributed by atoms with Gasteiger partial charge >= 0.3 is 0 Å². The lowest BCUT2D eigenvalue weighted by atomic mass is 10.1. The van der Waals surface area contributed by atoms with Gasteiger partial charge in [-0.15, -0.1) is 0 Å². The maximum atomic E-state index is 12.9. The fourth-order valence-electron chi connectivity index (χ4n) is 1.35. The van der Waals surface area contributed by atoms with Gasteiger partial charge in [-0.2, -0.15) is 5.26 Å². The summed E-state index contributed by atoms with van der Waals surface area (Å²) >= 11 is 0. The number of pyridine rings is 1. The first-order valence-electron chi connectivity index (χ1n) is 3.64. The molecule has 0 bridgehead atoms. The second kappa shape index (κ2) is 2.45. The fraction of sp³-hybridized carbons (Fsp3) is 0.250. The largest absolute Gasteiger partial charge is 0.369 e. The SMILES string of the molecule is N#Cc1c(F)cnc2c1CCN2. The number of hydrogen-bond donors (Lipinski definition) is 1. The average molecular weight is 163 g/mol. The molecule has 60 valence electrons. The summed E-state index contributed by atoms with van der Waals surface area (Å²) in [6.07, 6.45) is 1.76. The zero-order valence-corrected chi connectivity index (χ0v) is 6.26. The van der Waals surface area contributed by atoms with Crippen molar-refractivity contribution in [3.8, 4) is 6.07 Å². The van der Waals surface area contributed by atoms with Gasteiger partial charge in [-0.25, -0.2) is 9.37 Å². The summed E-state index contributed by atoms with van der Waals surface area (Å²) in [7, 11) is 0. The molecule has 3 nitrogen and oxygen atoms in total. The molecule has 1 aromatic heterocycles. The van der Waals surface area contributed by atoms with E-state index in [0.717, 1.165) is 12.7 Å². The zero-order chi connectivity index (χ0) is 8.55. The first-order chi connectivity index (χ1) is 5.83. The Morgan fingerprint density at radius 2 is 2.50 bits per heavy atom. The molecule has 2 heterocycles. The topological polar surface area (TPSA) is 48.7 Å². The maximum Gasteiger partial charge on any atom is 0.159 e. The number of nitriles is 1. The Hall–Kier alpha value is -1.63. The average Bonchev–Trinajstić information content (AvgIpc) is 2.52. The molecule has 0 aromatic carbocycles. The van der Waals surface area contributed by atoms with Gasteiger partial charge in [0.15, 0.2) is 5.82 Å². The van der Waals surface area contributed by atoms with Crippen molar-refractivity contribution in [3.05, 3.63) is 23.1 Å². The predicted octanol–water partition coefficient (Wildman–Crippen LogP) is 1.06. The van der Waals surface area contributed by atoms with Crippen molar-refractivity contribution in [3.63, 3.8) is 0 Å². The molecule has 1 N–H and O–H groups in total. The Balaban J connectivity index is 2.67. The van der Waals surface area contributed by atoms with Crippen LogP contribution in [0.2, 0.25) is 0 Å². The number of halogens is 1. The third-order valence-electron chi connectivity index (χ3n) is 1.91. The van der Waals surface area contributed by atoms with E-state index in [1.165, 1.54) is 0 Å². The van der Waals surface area contributed by atoms with Crippen molar-refractivity contribution < 1.29 is 4.39 Å². The van der Waals surface area contributed by atoms with Crippen LogP contribution in [0, 0.1) is 17.1 Å². The summed E-state index contributed by atoms with van der Waals surface area (Å²) in [4.78, 5) is 3.83. The normalized spacial score (nSPS) is 13.3. The van der Waals surface area contributed by atoms with Crippen LogP contribution in [0.5, 0.6) is 0 Å². The number of nitrogens with zero attached hydrogens (tertiary/aromatic N) is 2. The Labute approximate surface area is 68.8 Å². The van der Waals surface area contributed by atoms with Crippen molar-refractivity contribution in [1.82, 2.24) is 4.98 Å². The molecule has 1 aromatic rings. The Morgan fingerprint density at radius 3 is 3.25 bits per heavy atom. The quantitative estimate of drug-likeness (QED) is 0.622. The van der Waals surface area contributed by atoms with E-state index in [4.69, 9.17) is 5.26 Å². The number of anilines is 1. The Morgan fingerprint density at radius 1 is 1.67 bits per heavy atom. The summed E-state index contributed by atoms with van der Waals surface area (Å²) in [6.45, 7) is 0.737. The highest BCUT2D eigenvalue weighted by atomic mass is 19.1. The Bertz CT molecular complexity index is 367. The molecule has 0 atom stereocenters. The molecule has 1 aliphatic rings. The van der Waals surface area contributed by atoms with Gasteiger partial charge < -0.3 is 5.32 Å². The standard InChI is InChI=1S/C8H6FN3/c9-7-4-12-8-5(1-2-11-8)6(7)3-10/h4H,1-2H2,(H,11,12). The highest BCUT2D eigenvalue weighted by molar-refractivity contribution is 5.56. The monoisotopic (exact) mass is 163 g/mol. The van der Waals surface area contributed by atoms with Crippen LogP contribution in [0.4, 0.5) is 10.2 Å². The van der Waals surface area contributed by atoms with E-state index in [2.05, 4.69) is 10.3 Å². The lowest BCUT2D eigenvalue weighted by molar-refractivity contribution is 0.616. The molecule has 0 spiro atoms. The molecule has 0 amide bonds. The highest BCUT2D eigenvalue weighted by Gasteiger charge is 2.18. The summed E-state index contributed by atoms with van der Waals surface area (Å²) < 4.78 is 12.9. The maximum absolute atomic E-state index is 12.9. The van der Waals surface area contributed by atoms with Crippen molar-refractivity contribution in [2.24, 2.45) is 0 Å². The summed E-state index contributed by atoms with van der Waals surface area (Å²) in [5, 5.41) is 11.6. The third kappa shape index (κ3) is 0.832.